The first-order valence-corrected chi connectivity index (χ1v) is 5.85. The minimum atomic E-state index is -0.0793. The molecule has 1 aliphatic rings. The Morgan fingerprint density at radius 3 is 2.88 bits per heavy atom. The normalized spacial score (nSPS) is 21.8. The molecule has 2 N–H and O–H groups in total. The van der Waals surface area contributed by atoms with Crippen LogP contribution in [0.15, 0.2) is 10.9 Å². The lowest BCUT2D eigenvalue weighted by atomic mass is 10.1. The van der Waals surface area contributed by atoms with Crippen molar-refractivity contribution in [3.63, 3.8) is 0 Å². The maximum Gasteiger partial charge on any atom is 0.252 e. The topological polar surface area (TPSA) is 57.8 Å². The molecular formula is C12H19N3O. The summed E-state index contributed by atoms with van der Waals surface area (Å²) in [5.74, 6) is 2.15. The second-order valence-electron chi connectivity index (χ2n) is 5.20. The van der Waals surface area contributed by atoms with Gasteiger partial charge in [0.05, 0.1) is 0 Å². The molecule has 4 nitrogen and oxygen atoms in total. The molecule has 1 aromatic rings. The van der Waals surface area contributed by atoms with Gasteiger partial charge < -0.3 is 10.3 Å². The minimum Gasteiger partial charge on any atom is -0.370 e. The van der Waals surface area contributed by atoms with E-state index in [0.717, 1.165) is 18.8 Å². The molecular weight excluding hydrogens is 202 g/mol. The fourth-order valence-corrected chi connectivity index (χ4v) is 1.92. The average molecular weight is 221 g/mol. The first kappa shape index (κ1) is 11.2. The molecule has 1 atom stereocenters. The largest absolute Gasteiger partial charge is 0.370 e. The van der Waals surface area contributed by atoms with Gasteiger partial charge in [-0.25, -0.2) is 4.98 Å². The van der Waals surface area contributed by atoms with Gasteiger partial charge in [0, 0.05) is 19.0 Å². The second kappa shape index (κ2) is 3.92. The highest BCUT2D eigenvalue weighted by molar-refractivity contribution is 5.33. The lowest BCUT2D eigenvalue weighted by molar-refractivity contribution is 0.572. The molecule has 0 aromatic carbocycles. The van der Waals surface area contributed by atoms with Gasteiger partial charge in [-0.15, -0.1) is 0 Å². The number of aromatic amines is 1. The van der Waals surface area contributed by atoms with Crippen LogP contribution >= 0.6 is 0 Å². The summed E-state index contributed by atoms with van der Waals surface area (Å²) in [5.41, 5.74) is 0.381. The van der Waals surface area contributed by atoms with Gasteiger partial charge in [-0.05, 0) is 17.8 Å². The standard InChI is InChI=1S/C12H19N3O/c1-4-9-14-10(5-11(16)15-9)13-7-8-6-12(8,2)3/h5,8H,4,6-7H2,1-3H3,(H2,13,14,15,16). The quantitative estimate of drug-likeness (QED) is 0.815. The van der Waals surface area contributed by atoms with Gasteiger partial charge in [-0.3, -0.25) is 4.79 Å². The van der Waals surface area contributed by atoms with Crippen molar-refractivity contribution in [2.75, 3.05) is 11.9 Å². The third-order valence-corrected chi connectivity index (χ3v) is 3.37. The predicted octanol–water partition coefficient (Wildman–Crippen LogP) is 1.79. The number of nitrogens with one attached hydrogen (secondary N) is 2. The van der Waals surface area contributed by atoms with E-state index in [9.17, 15) is 4.79 Å². The molecule has 0 aliphatic heterocycles. The Kier molecular flexibility index (Phi) is 2.74. The highest BCUT2D eigenvalue weighted by Crippen LogP contribution is 2.51. The number of aryl methyl sites for hydroxylation is 1. The van der Waals surface area contributed by atoms with E-state index >= 15 is 0 Å². The van der Waals surface area contributed by atoms with Crippen LogP contribution in [0.3, 0.4) is 0 Å². The summed E-state index contributed by atoms with van der Waals surface area (Å²) in [5, 5.41) is 3.25. The van der Waals surface area contributed by atoms with Crippen molar-refractivity contribution in [3.8, 4) is 0 Å². The lowest BCUT2D eigenvalue weighted by Crippen LogP contribution is -2.15. The molecule has 1 heterocycles. The highest BCUT2D eigenvalue weighted by atomic mass is 16.1. The Balaban J connectivity index is 1.99. The molecule has 0 amide bonds. The van der Waals surface area contributed by atoms with Gasteiger partial charge in [0.2, 0.25) is 0 Å². The van der Waals surface area contributed by atoms with E-state index in [1.165, 1.54) is 12.5 Å². The first-order valence-electron chi connectivity index (χ1n) is 5.85. The Bertz CT molecular complexity index is 436. The molecule has 1 fully saturated rings. The van der Waals surface area contributed by atoms with Crippen molar-refractivity contribution in [2.45, 2.75) is 33.6 Å². The molecule has 1 saturated carbocycles. The van der Waals surface area contributed by atoms with Crippen molar-refractivity contribution in [3.05, 3.63) is 22.2 Å². The van der Waals surface area contributed by atoms with Crippen molar-refractivity contribution >= 4 is 5.82 Å². The Morgan fingerprint density at radius 1 is 1.62 bits per heavy atom. The predicted molar refractivity (Wildman–Crippen MR) is 64.6 cm³/mol. The summed E-state index contributed by atoms with van der Waals surface area (Å²) < 4.78 is 0. The van der Waals surface area contributed by atoms with E-state index in [4.69, 9.17) is 0 Å². The smallest absolute Gasteiger partial charge is 0.252 e. The molecule has 1 unspecified atom stereocenters. The van der Waals surface area contributed by atoms with Crippen LogP contribution in [0.1, 0.15) is 33.0 Å². The number of aromatic nitrogens is 2. The van der Waals surface area contributed by atoms with E-state index in [2.05, 4.69) is 29.1 Å². The van der Waals surface area contributed by atoms with Crippen LogP contribution in [0.5, 0.6) is 0 Å². The molecule has 4 heteroatoms. The minimum absolute atomic E-state index is 0.0793. The zero-order valence-electron chi connectivity index (χ0n) is 10.1. The van der Waals surface area contributed by atoms with E-state index in [1.54, 1.807) is 0 Å². The second-order valence-corrected chi connectivity index (χ2v) is 5.20. The van der Waals surface area contributed by atoms with Gasteiger partial charge in [0.15, 0.2) is 0 Å². The number of rotatable bonds is 4. The Labute approximate surface area is 95.5 Å². The van der Waals surface area contributed by atoms with Crippen LogP contribution in [0.25, 0.3) is 0 Å². The zero-order valence-corrected chi connectivity index (χ0v) is 10.1. The molecule has 16 heavy (non-hydrogen) atoms. The van der Waals surface area contributed by atoms with Crippen molar-refractivity contribution in [2.24, 2.45) is 11.3 Å². The molecule has 0 saturated heterocycles. The van der Waals surface area contributed by atoms with Crippen LogP contribution in [-0.4, -0.2) is 16.5 Å². The highest BCUT2D eigenvalue weighted by Gasteiger charge is 2.44. The van der Waals surface area contributed by atoms with E-state index in [1.807, 2.05) is 6.92 Å². The Hall–Kier alpha value is -1.32. The average Bonchev–Trinajstić information content (AvgIpc) is 2.83. The summed E-state index contributed by atoms with van der Waals surface area (Å²) in [7, 11) is 0. The molecule has 2 rings (SSSR count). The fraction of sp³-hybridized carbons (Fsp3) is 0.667. The number of nitrogens with zero attached hydrogens (tertiary/aromatic N) is 1. The number of hydrogen-bond acceptors (Lipinski definition) is 3. The summed E-state index contributed by atoms with van der Waals surface area (Å²) >= 11 is 0. The van der Waals surface area contributed by atoms with E-state index in [0.29, 0.717) is 17.2 Å². The third kappa shape index (κ3) is 2.43. The molecule has 0 bridgehead atoms. The van der Waals surface area contributed by atoms with Crippen molar-refractivity contribution < 1.29 is 0 Å². The van der Waals surface area contributed by atoms with Crippen LogP contribution < -0.4 is 10.9 Å². The third-order valence-electron chi connectivity index (χ3n) is 3.37. The maximum atomic E-state index is 11.3. The van der Waals surface area contributed by atoms with Crippen molar-refractivity contribution in [1.82, 2.24) is 9.97 Å². The van der Waals surface area contributed by atoms with E-state index < -0.39 is 0 Å². The van der Waals surface area contributed by atoms with E-state index in [-0.39, 0.29) is 5.56 Å². The maximum absolute atomic E-state index is 11.3. The fourth-order valence-electron chi connectivity index (χ4n) is 1.92. The first-order chi connectivity index (χ1) is 7.51. The van der Waals surface area contributed by atoms with Gasteiger partial charge in [-0.1, -0.05) is 20.8 Å². The lowest BCUT2D eigenvalue weighted by Gasteiger charge is -2.07. The van der Waals surface area contributed by atoms with Gasteiger partial charge in [0.25, 0.3) is 5.56 Å². The summed E-state index contributed by atoms with van der Waals surface area (Å²) in [4.78, 5) is 18.4. The molecule has 1 aliphatic carbocycles. The molecule has 0 radical (unpaired) electrons. The zero-order chi connectivity index (χ0) is 11.8. The van der Waals surface area contributed by atoms with Crippen molar-refractivity contribution in [1.29, 1.82) is 0 Å². The van der Waals surface area contributed by atoms with Crippen LogP contribution in [0.2, 0.25) is 0 Å². The molecule has 0 spiro atoms. The van der Waals surface area contributed by atoms with Crippen LogP contribution in [0.4, 0.5) is 5.82 Å². The van der Waals surface area contributed by atoms with Crippen LogP contribution in [-0.2, 0) is 6.42 Å². The molecule has 88 valence electrons. The number of anilines is 1. The van der Waals surface area contributed by atoms with Crippen LogP contribution in [0, 0.1) is 11.3 Å². The van der Waals surface area contributed by atoms with Gasteiger partial charge in [-0.2, -0.15) is 0 Å². The number of H-pyrrole nitrogens is 1. The van der Waals surface area contributed by atoms with Gasteiger partial charge in [0.1, 0.15) is 11.6 Å². The summed E-state index contributed by atoms with van der Waals surface area (Å²) in [6.07, 6.45) is 2.00. The SMILES string of the molecule is CCc1nc(NCC2CC2(C)C)cc(=O)[nH]1. The number of hydrogen-bond donors (Lipinski definition) is 2. The Morgan fingerprint density at radius 2 is 2.31 bits per heavy atom. The summed E-state index contributed by atoms with van der Waals surface area (Å²) in [6, 6.07) is 1.52. The van der Waals surface area contributed by atoms with Gasteiger partial charge >= 0.3 is 0 Å². The molecule has 1 aromatic heterocycles. The summed E-state index contributed by atoms with van der Waals surface area (Å²) in [6.45, 7) is 7.42. The monoisotopic (exact) mass is 221 g/mol.